The van der Waals surface area contributed by atoms with Crippen molar-refractivity contribution in [2.45, 2.75) is 13.5 Å². The Morgan fingerprint density at radius 1 is 1.20 bits per heavy atom. The molecule has 1 aromatic rings. The van der Waals surface area contributed by atoms with Crippen molar-refractivity contribution >= 4 is 15.7 Å². The van der Waals surface area contributed by atoms with Crippen LogP contribution in [0.1, 0.15) is 11.1 Å². The average Bonchev–Trinajstić information content (AvgIpc) is 2.40. The van der Waals surface area contributed by atoms with Gasteiger partial charge in [0, 0.05) is 38.4 Å². The van der Waals surface area contributed by atoms with E-state index in [-0.39, 0.29) is 0 Å². The van der Waals surface area contributed by atoms with Crippen LogP contribution in [-0.2, 0) is 16.6 Å². The third-order valence-corrected chi connectivity index (χ3v) is 5.07. The van der Waals surface area contributed by atoms with Crippen molar-refractivity contribution in [2.24, 2.45) is 0 Å². The minimum absolute atomic E-state index is 0.566. The van der Waals surface area contributed by atoms with Crippen LogP contribution in [0.5, 0.6) is 0 Å². The minimum Gasteiger partial charge on any atom is -0.369 e. The topological polar surface area (TPSA) is 52.6 Å². The summed E-state index contributed by atoms with van der Waals surface area (Å²) in [5, 5.41) is 3.16. The third-order valence-electron chi connectivity index (χ3n) is 3.77. The van der Waals surface area contributed by atoms with E-state index in [4.69, 9.17) is 0 Å². The molecule has 2 rings (SSSR count). The van der Waals surface area contributed by atoms with Gasteiger partial charge in [-0.25, -0.2) is 8.42 Å². The number of nitrogens with one attached hydrogen (secondary N) is 1. The molecule has 0 aliphatic carbocycles. The lowest BCUT2D eigenvalue weighted by Gasteiger charge is -2.35. The number of aryl methyl sites for hydroxylation is 1. The molecule has 1 saturated heterocycles. The van der Waals surface area contributed by atoms with E-state index < -0.39 is 10.0 Å². The number of hydrogen-bond donors (Lipinski definition) is 1. The molecule has 0 bridgehead atoms. The van der Waals surface area contributed by atoms with Gasteiger partial charge in [0.25, 0.3) is 0 Å². The van der Waals surface area contributed by atoms with Crippen molar-refractivity contribution in [3.05, 3.63) is 29.3 Å². The normalized spacial score (nSPS) is 17.4. The monoisotopic (exact) mass is 297 g/mol. The predicted octanol–water partition coefficient (Wildman–Crippen LogP) is 0.796. The van der Waals surface area contributed by atoms with E-state index in [0.717, 1.165) is 19.6 Å². The fourth-order valence-electron chi connectivity index (χ4n) is 2.54. The fourth-order valence-corrected chi connectivity index (χ4v) is 3.37. The number of hydrogen-bond acceptors (Lipinski definition) is 4. The summed E-state index contributed by atoms with van der Waals surface area (Å²) in [5.74, 6) is 0. The lowest BCUT2D eigenvalue weighted by molar-refractivity contribution is 0.388. The summed E-state index contributed by atoms with van der Waals surface area (Å²) >= 11 is 0. The second-order valence-corrected chi connectivity index (χ2v) is 7.27. The zero-order valence-corrected chi connectivity index (χ0v) is 13.2. The van der Waals surface area contributed by atoms with Gasteiger partial charge in [-0.05, 0) is 37.2 Å². The van der Waals surface area contributed by atoms with Gasteiger partial charge in [0.05, 0.1) is 6.26 Å². The van der Waals surface area contributed by atoms with Gasteiger partial charge in [0.2, 0.25) is 10.0 Å². The van der Waals surface area contributed by atoms with Crippen molar-refractivity contribution in [3.63, 3.8) is 0 Å². The van der Waals surface area contributed by atoms with Gasteiger partial charge in [-0.1, -0.05) is 6.07 Å². The first-order valence-electron chi connectivity index (χ1n) is 6.86. The van der Waals surface area contributed by atoms with E-state index in [1.807, 2.05) is 7.05 Å². The Balaban J connectivity index is 2.06. The van der Waals surface area contributed by atoms with Gasteiger partial charge in [0.15, 0.2) is 0 Å². The highest BCUT2D eigenvalue weighted by atomic mass is 32.2. The van der Waals surface area contributed by atoms with E-state index in [2.05, 4.69) is 35.3 Å². The first-order valence-corrected chi connectivity index (χ1v) is 8.71. The molecule has 1 heterocycles. The summed E-state index contributed by atoms with van der Waals surface area (Å²) in [5.41, 5.74) is 3.74. The highest BCUT2D eigenvalue weighted by Gasteiger charge is 2.23. The molecule has 1 aliphatic rings. The molecule has 1 fully saturated rings. The summed E-state index contributed by atoms with van der Waals surface area (Å²) in [6.07, 6.45) is 1.28. The highest BCUT2D eigenvalue weighted by molar-refractivity contribution is 7.88. The Kier molecular flexibility index (Phi) is 4.67. The molecule has 6 heteroatoms. The first-order chi connectivity index (χ1) is 9.41. The van der Waals surface area contributed by atoms with Gasteiger partial charge in [-0.3, -0.25) is 0 Å². The second kappa shape index (κ2) is 6.11. The fraction of sp³-hybridized carbons (Fsp3) is 0.571. The van der Waals surface area contributed by atoms with Crippen molar-refractivity contribution in [2.75, 3.05) is 44.4 Å². The average molecular weight is 297 g/mol. The summed E-state index contributed by atoms with van der Waals surface area (Å²) in [4.78, 5) is 2.25. The van der Waals surface area contributed by atoms with Gasteiger partial charge in [-0.2, -0.15) is 4.31 Å². The Morgan fingerprint density at radius 3 is 2.35 bits per heavy atom. The zero-order chi connectivity index (χ0) is 14.8. The SMILES string of the molecule is CNCc1ccc(N2CCN(S(C)(=O)=O)CC2)cc1C. The van der Waals surface area contributed by atoms with E-state index >= 15 is 0 Å². The number of nitrogens with zero attached hydrogens (tertiary/aromatic N) is 2. The molecule has 0 saturated carbocycles. The number of piperazine rings is 1. The number of anilines is 1. The molecule has 0 spiro atoms. The zero-order valence-electron chi connectivity index (χ0n) is 12.4. The Bertz CT molecular complexity index is 564. The predicted molar refractivity (Wildman–Crippen MR) is 82.6 cm³/mol. The van der Waals surface area contributed by atoms with Crippen LogP contribution < -0.4 is 10.2 Å². The summed E-state index contributed by atoms with van der Waals surface area (Å²) in [6, 6.07) is 6.45. The number of benzene rings is 1. The molecular weight excluding hydrogens is 274 g/mol. The van der Waals surface area contributed by atoms with Crippen LogP contribution >= 0.6 is 0 Å². The second-order valence-electron chi connectivity index (χ2n) is 5.29. The minimum atomic E-state index is -3.06. The van der Waals surface area contributed by atoms with E-state index in [9.17, 15) is 8.42 Å². The Morgan fingerprint density at radius 2 is 1.85 bits per heavy atom. The molecular formula is C14H23N3O2S. The molecule has 0 unspecified atom stereocenters. The molecule has 0 aromatic heterocycles. The number of rotatable bonds is 4. The first kappa shape index (κ1) is 15.3. The molecule has 20 heavy (non-hydrogen) atoms. The van der Waals surface area contributed by atoms with Crippen LogP contribution in [-0.4, -0.2) is 52.2 Å². The van der Waals surface area contributed by atoms with Crippen LogP contribution in [0, 0.1) is 6.92 Å². The molecule has 1 aliphatic heterocycles. The maximum Gasteiger partial charge on any atom is 0.211 e. The Labute approximate surface area is 121 Å². The van der Waals surface area contributed by atoms with Crippen molar-refractivity contribution in [1.82, 2.24) is 9.62 Å². The summed E-state index contributed by atoms with van der Waals surface area (Å²) < 4.78 is 24.5. The highest BCUT2D eigenvalue weighted by Crippen LogP contribution is 2.21. The van der Waals surface area contributed by atoms with Gasteiger partial charge >= 0.3 is 0 Å². The van der Waals surface area contributed by atoms with Crippen LogP contribution in [0.4, 0.5) is 5.69 Å². The Hall–Kier alpha value is -1.11. The lowest BCUT2D eigenvalue weighted by Crippen LogP contribution is -2.48. The van der Waals surface area contributed by atoms with Crippen molar-refractivity contribution < 1.29 is 8.42 Å². The van der Waals surface area contributed by atoms with Gasteiger partial charge < -0.3 is 10.2 Å². The van der Waals surface area contributed by atoms with E-state index in [1.165, 1.54) is 23.1 Å². The lowest BCUT2D eigenvalue weighted by atomic mass is 10.1. The molecule has 0 amide bonds. The molecule has 1 aromatic carbocycles. The van der Waals surface area contributed by atoms with Crippen LogP contribution in [0.25, 0.3) is 0 Å². The molecule has 1 N–H and O–H groups in total. The standard InChI is InChI=1S/C14H23N3O2S/c1-12-10-14(5-4-13(12)11-15-2)16-6-8-17(9-7-16)20(3,18)19/h4-5,10,15H,6-9,11H2,1-3H3. The van der Waals surface area contributed by atoms with Crippen LogP contribution in [0.2, 0.25) is 0 Å². The number of sulfonamides is 1. The molecule has 0 radical (unpaired) electrons. The van der Waals surface area contributed by atoms with Gasteiger partial charge in [0.1, 0.15) is 0 Å². The third kappa shape index (κ3) is 3.50. The van der Waals surface area contributed by atoms with Crippen molar-refractivity contribution in [3.8, 4) is 0 Å². The van der Waals surface area contributed by atoms with E-state index in [1.54, 1.807) is 4.31 Å². The summed E-state index contributed by atoms with van der Waals surface area (Å²) in [6.45, 7) is 5.61. The molecule has 5 nitrogen and oxygen atoms in total. The molecule has 112 valence electrons. The maximum absolute atomic E-state index is 11.5. The van der Waals surface area contributed by atoms with Crippen LogP contribution in [0.15, 0.2) is 18.2 Å². The van der Waals surface area contributed by atoms with Crippen molar-refractivity contribution in [1.29, 1.82) is 0 Å². The van der Waals surface area contributed by atoms with Gasteiger partial charge in [-0.15, -0.1) is 0 Å². The molecule has 0 atom stereocenters. The smallest absolute Gasteiger partial charge is 0.211 e. The quantitative estimate of drug-likeness (QED) is 0.893. The van der Waals surface area contributed by atoms with Crippen LogP contribution in [0.3, 0.4) is 0 Å². The summed E-state index contributed by atoms with van der Waals surface area (Å²) in [7, 11) is -1.11. The maximum atomic E-state index is 11.5. The largest absolute Gasteiger partial charge is 0.369 e. The van der Waals surface area contributed by atoms with E-state index in [0.29, 0.717) is 13.1 Å².